The van der Waals surface area contributed by atoms with Gasteiger partial charge in [-0.1, -0.05) is 36.9 Å². The van der Waals surface area contributed by atoms with Crippen molar-refractivity contribution in [3.63, 3.8) is 0 Å². The lowest BCUT2D eigenvalue weighted by molar-refractivity contribution is -0.139. The van der Waals surface area contributed by atoms with Crippen molar-refractivity contribution in [2.24, 2.45) is 0 Å². The summed E-state index contributed by atoms with van der Waals surface area (Å²) >= 11 is 0. The number of carboxylic acid groups (broad SMARTS) is 1. The summed E-state index contributed by atoms with van der Waals surface area (Å²) in [4.78, 5) is 22.1. The number of hydrogen-bond acceptors (Lipinski definition) is 3. The molecule has 1 aromatic rings. The van der Waals surface area contributed by atoms with Crippen molar-refractivity contribution >= 4 is 11.8 Å². The van der Waals surface area contributed by atoms with Crippen LogP contribution in [0.4, 0.5) is 0 Å². The number of carboxylic acids is 1. The van der Waals surface area contributed by atoms with E-state index >= 15 is 0 Å². The Morgan fingerprint density at radius 2 is 2.00 bits per heavy atom. The molecule has 0 aromatic heterocycles. The van der Waals surface area contributed by atoms with Gasteiger partial charge in [-0.25, -0.2) is 0 Å². The highest BCUT2D eigenvalue weighted by Gasteiger charge is 2.16. The molecule has 0 saturated heterocycles. The number of rotatable bonds is 8. The normalized spacial score (nSPS) is 11.8. The molecule has 18 heavy (non-hydrogen) atoms. The maximum atomic E-state index is 11.1. The molecule has 0 aliphatic heterocycles. The number of nitrogens with one attached hydrogen (secondary N) is 1. The van der Waals surface area contributed by atoms with Crippen LogP contribution in [0.3, 0.4) is 0 Å². The Balaban J connectivity index is 2.48. The topological polar surface area (TPSA) is 66.4 Å². The van der Waals surface area contributed by atoms with Gasteiger partial charge in [0.05, 0.1) is 0 Å². The van der Waals surface area contributed by atoms with Crippen LogP contribution in [0.25, 0.3) is 0 Å². The van der Waals surface area contributed by atoms with E-state index in [-0.39, 0.29) is 12.2 Å². The standard InChI is InChI=1S/C14H17NO3/c1-2-12(16)8-9-15-13(14(17)18)10-11-6-4-3-5-7-11/h2-7,13,15H,1,8-10H2,(H,17,18)/t13-/m0/s1. The average Bonchev–Trinajstić information content (AvgIpc) is 2.38. The quantitative estimate of drug-likeness (QED) is 0.682. The summed E-state index contributed by atoms with van der Waals surface area (Å²) in [7, 11) is 0. The van der Waals surface area contributed by atoms with Crippen LogP contribution in [0.2, 0.25) is 0 Å². The summed E-state index contributed by atoms with van der Waals surface area (Å²) in [5, 5.41) is 12.0. The number of carbonyl (C=O) groups is 2. The van der Waals surface area contributed by atoms with Crippen LogP contribution in [-0.2, 0) is 16.0 Å². The molecule has 0 unspecified atom stereocenters. The zero-order valence-electron chi connectivity index (χ0n) is 10.1. The van der Waals surface area contributed by atoms with Gasteiger partial charge >= 0.3 is 5.97 Å². The van der Waals surface area contributed by atoms with Crippen molar-refractivity contribution in [3.8, 4) is 0 Å². The molecule has 0 radical (unpaired) electrons. The van der Waals surface area contributed by atoms with Crippen LogP contribution < -0.4 is 5.32 Å². The van der Waals surface area contributed by atoms with Gasteiger partial charge in [0.2, 0.25) is 0 Å². The molecular formula is C14H17NO3. The molecule has 0 bridgehead atoms. The van der Waals surface area contributed by atoms with Gasteiger partial charge in [-0.05, 0) is 18.1 Å². The number of aliphatic carboxylic acids is 1. The molecule has 4 heteroatoms. The fourth-order valence-electron chi connectivity index (χ4n) is 1.57. The third-order valence-electron chi connectivity index (χ3n) is 2.57. The maximum Gasteiger partial charge on any atom is 0.321 e. The summed E-state index contributed by atoms with van der Waals surface area (Å²) in [5.74, 6) is -1.00. The summed E-state index contributed by atoms with van der Waals surface area (Å²) in [6.07, 6.45) is 1.91. The highest BCUT2D eigenvalue weighted by atomic mass is 16.4. The van der Waals surface area contributed by atoms with E-state index in [1.54, 1.807) is 0 Å². The average molecular weight is 247 g/mol. The Morgan fingerprint density at radius 1 is 1.33 bits per heavy atom. The molecule has 2 N–H and O–H groups in total. The first-order chi connectivity index (χ1) is 8.63. The predicted octanol–water partition coefficient (Wildman–Crippen LogP) is 1.42. The molecular weight excluding hydrogens is 230 g/mol. The molecule has 0 heterocycles. The van der Waals surface area contributed by atoms with Gasteiger partial charge < -0.3 is 10.4 Å². The number of allylic oxidation sites excluding steroid dienone is 1. The minimum absolute atomic E-state index is 0.0913. The number of carbonyl (C=O) groups excluding carboxylic acids is 1. The van der Waals surface area contributed by atoms with Crippen LogP contribution >= 0.6 is 0 Å². The van der Waals surface area contributed by atoms with Crippen LogP contribution in [0.1, 0.15) is 12.0 Å². The Bertz CT molecular complexity index is 414. The Morgan fingerprint density at radius 3 is 2.56 bits per heavy atom. The van der Waals surface area contributed by atoms with Gasteiger partial charge in [-0.2, -0.15) is 0 Å². The molecule has 1 atom stereocenters. The van der Waals surface area contributed by atoms with Gasteiger partial charge in [0, 0.05) is 13.0 Å². The summed E-state index contributed by atoms with van der Waals surface area (Å²) in [6.45, 7) is 3.71. The van der Waals surface area contributed by atoms with Crippen LogP contribution in [0.5, 0.6) is 0 Å². The molecule has 0 aliphatic rings. The molecule has 4 nitrogen and oxygen atoms in total. The van der Waals surface area contributed by atoms with Crippen molar-refractivity contribution in [1.82, 2.24) is 5.32 Å². The molecule has 0 amide bonds. The van der Waals surface area contributed by atoms with E-state index in [0.717, 1.165) is 5.56 Å². The Hall–Kier alpha value is -1.94. The molecule has 0 spiro atoms. The zero-order chi connectivity index (χ0) is 13.4. The molecule has 96 valence electrons. The smallest absolute Gasteiger partial charge is 0.321 e. The van der Waals surface area contributed by atoms with Crippen molar-refractivity contribution in [2.45, 2.75) is 18.9 Å². The van der Waals surface area contributed by atoms with E-state index in [4.69, 9.17) is 5.11 Å². The number of ketones is 1. The Labute approximate surface area is 106 Å². The van der Waals surface area contributed by atoms with Crippen LogP contribution in [-0.4, -0.2) is 29.4 Å². The van der Waals surface area contributed by atoms with E-state index in [1.807, 2.05) is 30.3 Å². The molecule has 0 aliphatic carbocycles. The van der Waals surface area contributed by atoms with E-state index in [2.05, 4.69) is 11.9 Å². The van der Waals surface area contributed by atoms with Crippen LogP contribution in [0.15, 0.2) is 43.0 Å². The zero-order valence-corrected chi connectivity index (χ0v) is 10.1. The minimum Gasteiger partial charge on any atom is -0.480 e. The second-order valence-electron chi connectivity index (χ2n) is 3.96. The highest BCUT2D eigenvalue weighted by Crippen LogP contribution is 2.03. The lowest BCUT2D eigenvalue weighted by atomic mass is 10.1. The van der Waals surface area contributed by atoms with E-state index in [9.17, 15) is 9.59 Å². The predicted molar refractivity (Wildman–Crippen MR) is 69.4 cm³/mol. The van der Waals surface area contributed by atoms with Gasteiger partial charge in [0.15, 0.2) is 5.78 Å². The first kappa shape index (κ1) is 14.1. The number of hydrogen-bond donors (Lipinski definition) is 2. The SMILES string of the molecule is C=CC(=O)CCN[C@@H](Cc1ccccc1)C(=O)O. The van der Waals surface area contributed by atoms with Gasteiger partial charge in [-0.15, -0.1) is 0 Å². The van der Waals surface area contributed by atoms with Crippen molar-refractivity contribution in [1.29, 1.82) is 0 Å². The first-order valence-corrected chi connectivity index (χ1v) is 5.79. The molecule has 0 saturated carbocycles. The highest BCUT2D eigenvalue weighted by molar-refractivity contribution is 5.89. The lowest BCUT2D eigenvalue weighted by Crippen LogP contribution is -2.39. The van der Waals surface area contributed by atoms with E-state index in [1.165, 1.54) is 6.08 Å². The van der Waals surface area contributed by atoms with E-state index < -0.39 is 12.0 Å². The Kier molecular flexibility index (Phi) is 5.80. The summed E-state index contributed by atoms with van der Waals surface area (Å²) in [6, 6.07) is 8.71. The fourth-order valence-corrected chi connectivity index (χ4v) is 1.57. The minimum atomic E-state index is -0.912. The van der Waals surface area contributed by atoms with E-state index in [0.29, 0.717) is 13.0 Å². The summed E-state index contributed by atoms with van der Waals surface area (Å²) in [5.41, 5.74) is 0.951. The van der Waals surface area contributed by atoms with Crippen molar-refractivity contribution < 1.29 is 14.7 Å². The third kappa shape index (κ3) is 4.93. The van der Waals surface area contributed by atoms with Gasteiger partial charge in [-0.3, -0.25) is 9.59 Å². The molecule has 1 rings (SSSR count). The monoisotopic (exact) mass is 247 g/mol. The second kappa shape index (κ2) is 7.40. The molecule has 0 fully saturated rings. The lowest BCUT2D eigenvalue weighted by Gasteiger charge is -2.13. The third-order valence-corrected chi connectivity index (χ3v) is 2.57. The fraction of sp³-hybridized carbons (Fsp3) is 0.286. The molecule has 1 aromatic carbocycles. The maximum absolute atomic E-state index is 11.1. The van der Waals surface area contributed by atoms with Crippen LogP contribution in [0, 0.1) is 0 Å². The largest absolute Gasteiger partial charge is 0.480 e. The summed E-state index contributed by atoms with van der Waals surface area (Å²) < 4.78 is 0. The second-order valence-corrected chi connectivity index (χ2v) is 3.96. The van der Waals surface area contributed by atoms with Gasteiger partial charge in [0.1, 0.15) is 6.04 Å². The van der Waals surface area contributed by atoms with Gasteiger partial charge in [0.25, 0.3) is 0 Å². The van der Waals surface area contributed by atoms with Crippen molar-refractivity contribution in [3.05, 3.63) is 48.6 Å². The first-order valence-electron chi connectivity index (χ1n) is 5.79. The number of benzene rings is 1. The van der Waals surface area contributed by atoms with Crippen molar-refractivity contribution in [2.75, 3.05) is 6.54 Å².